The summed E-state index contributed by atoms with van der Waals surface area (Å²) in [5.74, 6) is 0. The molecule has 0 amide bonds. The summed E-state index contributed by atoms with van der Waals surface area (Å²) in [5.41, 5.74) is 8.18. The van der Waals surface area contributed by atoms with Crippen molar-refractivity contribution in [2.45, 2.75) is 39.3 Å². The Morgan fingerprint density at radius 2 is 2.00 bits per heavy atom. The molecule has 1 unspecified atom stereocenters. The normalized spacial score (nSPS) is 13.7. The zero-order chi connectivity index (χ0) is 11.6. The summed E-state index contributed by atoms with van der Waals surface area (Å²) in [7, 11) is 0. The second-order valence-electron chi connectivity index (χ2n) is 4.60. The Morgan fingerprint density at radius 1 is 1.40 bits per heavy atom. The number of nitrogen functional groups attached to an aromatic ring is 1. The number of aryl methyl sites for hydroxylation is 1. The maximum absolute atomic E-state index is 9.60. The average Bonchev–Trinajstić information content (AvgIpc) is 2.09. The van der Waals surface area contributed by atoms with E-state index >= 15 is 0 Å². The van der Waals surface area contributed by atoms with Crippen LogP contribution >= 0.6 is 0 Å². The fourth-order valence-corrected chi connectivity index (χ4v) is 1.28. The van der Waals surface area contributed by atoms with E-state index in [4.69, 9.17) is 5.73 Å². The number of nitrogens with one attached hydrogen (secondary N) is 1. The second-order valence-corrected chi connectivity index (χ2v) is 4.60. The molecule has 0 saturated carbocycles. The molecule has 84 valence electrons. The van der Waals surface area contributed by atoms with Gasteiger partial charge in [0.25, 0.3) is 0 Å². The number of nitrogens with two attached hydrogens (primary N) is 1. The van der Waals surface area contributed by atoms with Crippen LogP contribution in [0.15, 0.2) is 18.2 Å². The maximum atomic E-state index is 9.60. The standard InChI is InChI=1S/C12H20N2O/c1-8-7-10(13)5-6-11(8)14-12(3,4)9(2)15/h5-7,9,14-15H,13H2,1-4H3. The largest absolute Gasteiger partial charge is 0.399 e. The topological polar surface area (TPSA) is 58.3 Å². The number of hydrogen-bond donors (Lipinski definition) is 3. The molecular formula is C12H20N2O. The molecule has 0 aliphatic rings. The number of hydrogen-bond acceptors (Lipinski definition) is 3. The van der Waals surface area contributed by atoms with Gasteiger partial charge in [-0.15, -0.1) is 0 Å². The summed E-state index contributed by atoms with van der Waals surface area (Å²) < 4.78 is 0. The average molecular weight is 208 g/mol. The van der Waals surface area contributed by atoms with Crippen LogP contribution in [0.2, 0.25) is 0 Å². The number of aliphatic hydroxyl groups is 1. The van der Waals surface area contributed by atoms with Gasteiger partial charge in [0.1, 0.15) is 0 Å². The van der Waals surface area contributed by atoms with Gasteiger partial charge in [-0.1, -0.05) is 0 Å². The molecule has 0 aromatic heterocycles. The van der Waals surface area contributed by atoms with Crippen LogP contribution in [0, 0.1) is 6.92 Å². The smallest absolute Gasteiger partial charge is 0.0736 e. The molecule has 0 aliphatic heterocycles. The quantitative estimate of drug-likeness (QED) is 0.667. The molecule has 15 heavy (non-hydrogen) atoms. The van der Waals surface area contributed by atoms with E-state index in [0.29, 0.717) is 0 Å². The van der Waals surface area contributed by atoms with Crippen molar-refractivity contribution in [3.63, 3.8) is 0 Å². The summed E-state index contributed by atoms with van der Waals surface area (Å²) in [6.07, 6.45) is -0.422. The van der Waals surface area contributed by atoms with Crippen LogP contribution in [0.3, 0.4) is 0 Å². The van der Waals surface area contributed by atoms with Crippen LogP contribution in [0.5, 0.6) is 0 Å². The van der Waals surface area contributed by atoms with E-state index in [-0.39, 0.29) is 5.54 Å². The molecule has 0 radical (unpaired) electrons. The van der Waals surface area contributed by atoms with Crippen molar-refractivity contribution < 1.29 is 5.11 Å². The maximum Gasteiger partial charge on any atom is 0.0736 e. The van der Waals surface area contributed by atoms with Crippen molar-refractivity contribution in [1.29, 1.82) is 0 Å². The first kappa shape index (κ1) is 11.9. The zero-order valence-electron chi connectivity index (χ0n) is 9.83. The van der Waals surface area contributed by atoms with Crippen LogP contribution in [0.25, 0.3) is 0 Å². The fourth-order valence-electron chi connectivity index (χ4n) is 1.28. The Kier molecular flexibility index (Phi) is 3.25. The molecule has 4 N–H and O–H groups in total. The fraction of sp³-hybridized carbons (Fsp3) is 0.500. The molecule has 1 aromatic carbocycles. The summed E-state index contributed by atoms with van der Waals surface area (Å²) >= 11 is 0. The van der Waals surface area contributed by atoms with Crippen molar-refractivity contribution in [3.8, 4) is 0 Å². The van der Waals surface area contributed by atoms with Gasteiger partial charge in [-0.2, -0.15) is 0 Å². The summed E-state index contributed by atoms with van der Waals surface area (Å²) in [6, 6.07) is 5.71. The van der Waals surface area contributed by atoms with Gasteiger partial charge in [0, 0.05) is 11.4 Å². The van der Waals surface area contributed by atoms with Gasteiger partial charge in [0.15, 0.2) is 0 Å². The third-order valence-corrected chi connectivity index (χ3v) is 2.75. The molecule has 1 rings (SSSR count). The van der Waals surface area contributed by atoms with Gasteiger partial charge in [0.2, 0.25) is 0 Å². The van der Waals surface area contributed by atoms with Gasteiger partial charge in [-0.05, 0) is 51.5 Å². The number of rotatable bonds is 3. The van der Waals surface area contributed by atoms with Crippen molar-refractivity contribution in [3.05, 3.63) is 23.8 Å². The molecule has 0 spiro atoms. The monoisotopic (exact) mass is 208 g/mol. The lowest BCUT2D eigenvalue weighted by Gasteiger charge is -2.31. The zero-order valence-corrected chi connectivity index (χ0v) is 9.83. The first-order valence-corrected chi connectivity index (χ1v) is 5.15. The molecular weight excluding hydrogens is 188 g/mol. The number of aliphatic hydroxyl groups excluding tert-OH is 1. The molecule has 3 heteroatoms. The number of anilines is 2. The highest BCUT2D eigenvalue weighted by Crippen LogP contribution is 2.23. The second kappa shape index (κ2) is 4.11. The van der Waals surface area contributed by atoms with E-state index in [1.54, 1.807) is 6.92 Å². The molecule has 1 aromatic rings. The van der Waals surface area contributed by atoms with E-state index in [9.17, 15) is 5.11 Å². The van der Waals surface area contributed by atoms with E-state index in [2.05, 4.69) is 5.32 Å². The Balaban J connectivity index is 2.90. The summed E-state index contributed by atoms with van der Waals surface area (Å²) in [5, 5.41) is 12.9. The molecule has 0 saturated heterocycles. The van der Waals surface area contributed by atoms with Crippen molar-refractivity contribution in [1.82, 2.24) is 0 Å². The van der Waals surface area contributed by atoms with Crippen LogP contribution in [-0.4, -0.2) is 16.7 Å². The Bertz CT molecular complexity index is 345. The SMILES string of the molecule is Cc1cc(N)ccc1NC(C)(C)C(C)O. The van der Waals surface area contributed by atoms with Gasteiger partial charge >= 0.3 is 0 Å². The van der Waals surface area contributed by atoms with Gasteiger partial charge < -0.3 is 16.2 Å². The molecule has 0 bridgehead atoms. The minimum absolute atomic E-state index is 0.346. The number of benzene rings is 1. The van der Waals surface area contributed by atoms with E-state index in [1.165, 1.54) is 0 Å². The minimum atomic E-state index is -0.422. The predicted molar refractivity (Wildman–Crippen MR) is 65.0 cm³/mol. The third-order valence-electron chi connectivity index (χ3n) is 2.75. The van der Waals surface area contributed by atoms with Gasteiger partial charge in [0.05, 0.1) is 11.6 Å². The third kappa shape index (κ3) is 2.86. The molecule has 3 nitrogen and oxygen atoms in total. The van der Waals surface area contributed by atoms with Gasteiger partial charge in [-0.3, -0.25) is 0 Å². The summed E-state index contributed by atoms with van der Waals surface area (Å²) in [6.45, 7) is 7.71. The lowest BCUT2D eigenvalue weighted by atomic mass is 9.97. The van der Waals surface area contributed by atoms with Crippen molar-refractivity contribution in [2.75, 3.05) is 11.1 Å². The van der Waals surface area contributed by atoms with Crippen LogP contribution in [-0.2, 0) is 0 Å². The van der Waals surface area contributed by atoms with E-state index in [1.807, 2.05) is 39.0 Å². The Labute approximate surface area is 91.3 Å². The van der Waals surface area contributed by atoms with Crippen LogP contribution in [0.1, 0.15) is 26.3 Å². The lowest BCUT2D eigenvalue weighted by molar-refractivity contribution is 0.133. The molecule has 0 aliphatic carbocycles. The highest BCUT2D eigenvalue weighted by molar-refractivity contribution is 5.58. The molecule has 0 fully saturated rings. The highest BCUT2D eigenvalue weighted by atomic mass is 16.3. The van der Waals surface area contributed by atoms with Gasteiger partial charge in [-0.25, -0.2) is 0 Å². The minimum Gasteiger partial charge on any atom is -0.399 e. The van der Waals surface area contributed by atoms with Crippen molar-refractivity contribution in [2.24, 2.45) is 0 Å². The van der Waals surface area contributed by atoms with Crippen molar-refractivity contribution >= 4 is 11.4 Å². The van der Waals surface area contributed by atoms with Crippen LogP contribution in [0.4, 0.5) is 11.4 Å². The molecule has 1 atom stereocenters. The first-order chi connectivity index (χ1) is 6.83. The summed E-state index contributed by atoms with van der Waals surface area (Å²) in [4.78, 5) is 0. The highest BCUT2D eigenvalue weighted by Gasteiger charge is 2.23. The predicted octanol–water partition coefficient (Wildman–Crippen LogP) is 2.15. The van der Waals surface area contributed by atoms with E-state index in [0.717, 1.165) is 16.9 Å². The lowest BCUT2D eigenvalue weighted by Crippen LogP contribution is -2.42. The Hall–Kier alpha value is -1.22. The van der Waals surface area contributed by atoms with E-state index < -0.39 is 6.10 Å². The first-order valence-electron chi connectivity index (χ1n) is 5.15. The van der Waals surface area contributed by atoms with Crippen LogP contribution < -0.4 is 11.1 Å². The Morgan fingerprint density at radius 3 is 2.47 bits per heavy atom. The molecule has 0 heterocycles.